The van der Waals surface area contributed by atoms with E-state index in [1.807, 2.05) is 48.2 Å². The lowest BCUT2D eigenvalue weighted by atomic mass is 10.1. The average Bonchev–Trinajstić information content (AvgIpc) is 3.24. The number of ether oxygens (including phenoxy) is 1. The predicted molar refractivity (Wildman–Crippen MR) is 113 cm³/mol. The second-order valence-electron chi connectivity index (χ2n) is 6.16. The second-order valence-corrected chi connectivity index (χ2v) is 7.63. The molecule has 0 aromatic heterocycles. The van der Waals surface area contributed by atoms with Crippen LogP contribution >= 0.6 is 24.0 Å². The maximum absolute atomic E-state index is 5.43. The Kier molecular flexibility index (Phi) is 4.99. The number of anilines is 2. The summed E-state index contributed by atoms with van der Waals surface area (Å²) in [5.74, 6) is 1.97. The van der Waals surface area contributed by atoms with E-state index < -0.39 is 0 Å². The van der Waals surface area contributed by atoms with Gasteiger partial charge in [-0.1, -0.05) is 23.9 Å². The fraction of sp³-hybridized carbons (Fsp3) is 0.263. The lowest BCUT2D eigenvalue weighted by Crippen LogP contribution is -2.22. The molecule has 134 valence electrons. The number of nitrogens with zero attached hydrogens (tertiary/aromatic N) is 2. The van der Waals surface area contributed by atoms with Crippen molar-refractivity contribution in [2.45, 2.75) is 6.04 Å². The topological polar surface area (TPSA) is 48.9 Å². The Balaban J connectivity index is 1.40. The van der Waals surface area contributed by atoms with Crippen LogP contribution in [0.25, 0.3) is 0 Å². The zero-order chi connectivity index (χ0) is 17.9. The maximum atomic E-state index is 5.43. The Morgan fingerprint density at radius 2 is 2.00 bits per heavy atom. The molecular formula is C19H20N4OS2. The third-order valence-corrected chi connectivity index (χ3v) is 5.61. The largest absolute Gasteiger partial charge is 0.497 e. The van der Waals surface area contributed by atoms with Gasteiger partial charge in [-0.05, 0) is 54.2 Å². The van der Waals surface area contributed by atoms with E-state index in [1.54, 1.807) is 7.11 Å². The Labute approximate surface area is 162 Å². The van der Waals surface area contributed by atoms with Crippen LogP contribution in [0.4, 0.5) is 11.4 Å². The number of hydrogen-bond acceptors (Lipinski definition) is 5. The summed E-state index contributed by atoms with van der Waals surface area (Å²) in [6.07, 6.45) is 0. The number of nitrogens with one attached hydrogen (secondary N) is 2. The highest BCUT2D eigenvalue weighted by atomic mass is 32.2. The molecular weight excluding hydrogens is 364 g/mol. The molecule has 2 aromatic carbocycles. The summed E-state index contributed by atoms with van der Waals surface area (Å²) in [7, 11) is 1.65. The zero-order valence-corrected chi connectivity index (χ0v) is 16.1. The Bertz CT molecular complexity index is 838. The minimum absolute atomic E-state index is 0.211. The highest BCUT2D eigenvalue weighted by Gasteiger charge is 2.30. The van der Waals surface area contributed by atoms with Crippen molar-refractivity contribution in [3.05, 3.63) is 54.1 Å². The van der Waals surface area contributed by atoms with Gasteiger partial charge in [-0.3, -0.25) is 4.99 Å². The van der Waals surface area contributed by atoms with Crippen LogP contribution in [0.3, 0.4) is 0 Å². The van der Waals surface area contributed by atoms with E-state index in [0.717, 1.165) is 36.0 Å². The molecule has 4 rings (SSSR count). The van der Waals surface area contributed by atoms with E-state index in [0.29, 0.717) is 5.11 Å². The molecule has 0 aliphatic carbocycles. The molecule has 1 atom stereocenters. The van der Waals surface area contributed by atoms with Crippen LogP contribution in [0.1, 0.15) is 11.6 Å². The summed E-state index contributed by atoms with van der Waals surface area (Å²) in [4.78, 5) is 7.21. The first-order valence-electron chi connectivity index (χ1n) is 8.49. The molecule has 2 heterocycles. The smallest absolute Gasteiger partial charge is 0.175 e. The minimum atomic E-state index is 0.211. The van der Waals surface area contributed by atoms with Crippen molar-refractivity contribution in [2.75, 3.05) is 36.6 Å². The SMILES string of the molecule is COc1ccc(NC(=S)Nc2cccc(C3CN4CCSC4=N3)c2)cc1. The number of thioether (sulfide) groups is 1. The van der Waals surface area contributed by atoms with Crippen molar-refractivity contribution >= 4 is 45.6 Å². The molecule has 0 saturated carbocycles. The summed E-state index contributed by atoms with van der Waals surface area (Å²) in [5.41, 5.74) is 3.09. The third-order valence-electron chi connectivity index (χ3n) is 4.40. The summed E-state index contributed by atoms with van der Waals surface area (Å²) in [5, 5.41) is 8.19. The minimum Gasteiger partial charge on any atom is -0.497 e. The lowest BCUT2D eigenvalue weighted by Gasteiger charge is -2.15. The first kappa shape index (κ1) is 17.2. The normalized spacial score (nSPS) is 18.3. The van der Waals surface area contributed by atoms with E-state index >= 15 is 0 Å². The van der Waals surface area contributed by atoms with Gasteiger partial charge < -0.3 is 20.3 Å². The van der Waals surface area contributed by atoms with Crippen LogP contribution in [0.5, 0.6) is 5.75 Å². The van der Waals surface area contributed by atoms with E-state index in [1.165, 1.54) is 10.7 Å². The molecule has 5 nitrogen and oxygen atoms in total. The van der Waals surface area contributed by atoms with Gasteiger partial charge in [0.05, 0.1) is 13.2 Å². The van der Waals surface area contributed by atoms with E-state index in [-0.39, 0.29) is 6.04 Å². The van der Waals surface area contributed by atoms with Gasteiger partial charge in [-0.15, -0.1) is 0 Å². The molecule has 2 aliphatic heterocycles. The standard InChI is InChI=1S/C19H20N4OS2/c1-24-16-7-5-14(6-8-16)20-18(25)21-15-4-2-3-13(11-15)17-12-23-9-10-26-19(23)22-17/h2-8,11,17H,9-10,12H2,1H3,(H2,20,21,25). The van der Waals surface area contributed by atoms with Crippen molar-refractivity contribution < 1.29 is 4.74 Å². The summed E-state index contributed by atoms with van der Waals surface area (Å²) in [6, 6.07) is 16.2. The van der Waals surface area contributed by atoms with Gasteiger partial charge in [0, 0.05) is 30.2 Å². The molecule has 0 amide bonds. The van der Waals surface area contributed by atoms with Crippen molar-refractivity contribution in [1.29, 1.82) is 0 Å². The van der Waals surface area contributed by atoms with Gasteiger partial charge in [-0.2, -0.15) is 0 Å². The third kappa shape index (κ3) is 3.78. The van der Waals surface area contributed by atoms with Gasteiger partial charge >= 0.3 is 0 Å². The van der Waals surface area contributed by atoms with Crippen LogP contribution in [-0.2, 0) is 0 Å². The summed E-state index contributed by atoms with van der Waals surface area (Å²) < 4.78 is 5.17. The zero-order valence-electron chi connectivity index (χ0n) is 14.4. The van der Waals surface area contributed by atoms with Crippen LogP contribution in [0.15, 0.2) is 53.5 Å². The van der Waals surface area contributed by atoms with E-state index in [2.05, 4.69) is 27.7 Å². The first-order chi connectivity index (χ1) is 12.7. The molecule has 0 radical (unpaired) electrons. The number of aliphatic imine (C=N–C) groups is 1. The fourth-order valence-corrected chi connectivity index (χ4v) is 4.36. The highest BCUT2D eigenvalue weighted by Crippen LogP contribution is 2.33. The second kappa shape index (κ2) is 7.55. The molecule has 0 bridgehead atoms. The summed E-state index contributed by atoms with van der Waals surface area (Å²) >= 11 is 7.28. The number of fused-ring (bicyclic) bond motifs is 1. The Morgan fingerprint density at radius 1 is 1.19 bits per heavy atom. The molecule has 2 N–H and O–H groups in total. The summed E-state index contributed by atoms with van der Waals surface area (Å²) in [6.45, 7) is 2.08. The van der Waals surface area contributed by atoms with Gasteiger partial charge in [0.15, 0.2) is 10.3 Å². The van der Waals surface area contributed by atoms with Crippen LogP contribution in [0.2, 0.25) is 0 Å². The molecule has 7 heteroatoms. The number of amidine groups is 1. The molecule has 2 aliphatic rings. The Hall–Kier alpha value is -2.25. The van der Waals surface area contributed by atoms with Gasteiger partial charge in [0.25, 0.3) is 0 Å². The number of rotatable bonds is 4. The molecule has 1 saturated heterocycles. The Morgan fingerprint density at radius 3 is 2.77 bits per heavy atom. The van der Waals surface area contributed by atoms with Crippen LogP contribution < -0.4 is 15.4 Å². The maximum Gasteiger partial charge on any atom is 0.175 e. The van der Waals surface area contributed by atoms with Gasteiger partial charge in [-0.25, -0.2) is 0 Å². The number of hydrogen-bond donors (Lipinski definition) is 2. The first-order valence-corrected chi connectivity index (χ1v) is 9.88. The van der Waals surface area contributed by atoms with E-state index in [4.69, 9.17) is 21.9 Å². The van der Waals surface area contributed by atoms with Crippen LogP contribution in [-0.4, -0.2) is 41.1 Å². The van der Waals surface area contributed by atoms with Crippen molar-refractivity contribution in [3.63, 3.8) is 0 Å². The lowest BCUT2D eigenvalue weighted by molar-refractivity contribution is 0.415. The average molecular weight is 385 g/mol. The van der Waals surface area contributed by atoms with E-state index in [9.17, 15) is 0 Å². The van der Waals surface area contributed by atoms with Gasteiger partial charge in [0.1, 0.15) is 5.75 Å². The molecule has 1 fully saturated rings. The molecule has 26 heavy (non-hydrogen) atoms. The van der Waals surface area contributed by atoms with Crippen molar-refractivity contribution in [1.82, 2.24) is 4.90 Å². The van der Waals surface area contributed by atoms with Gasteiger partial charge in [0.2, 0.25) is 0 Å². The number of thiocarbonyl (C=S) groups is 1. The number of benzene rings is 2. The molecule has 1 unspecified atom stereocenters. The highest BCUT2D eigenvalue weighted by molar-refractivity contribution is 8.14. The number of methoxy groups -OCH3 is 1. The van der Waals surface area contributed by atoms with Crippen LogP contribution in [0, 0.1) is 0 Å². The molecule has 0 spiro atoms. The van der Waals surface area contributed by atoms with Crippen molar-refractivity contribution in [3.8, 4) is 5.75 Å². The monoisotopic (exact) mass is 384 g/mol. The quantitative estimate of drug-likeness (QED) is 0.778. The predicted octanol–water partition coefficient (Wildman–Crippen LogP) is 3.96. The molecule has 2 aromatic rings. The van der Waals surface area contributed by atoms with Crippen molar-refractivity contribution in [2.24, 2.45) is 4.99 Å². The fourth-order valence-electron chi connectivity index (χ4n) is 3.08.